The van der Waals surface area contributed by atoms with Gasteiger partial charge in [0.15, 0.2) is 11.3 Å². The Hall–Kier alpha value is -7.42. The van der Waals surface area contributed by atoms with Gasteiger partial charge in [-0.15, -0.1) is 0 Å². The van der Waals surface area contributed by atoms with Crippen LogP contribution in [0.25, 0.3) is 62.0 Å². The number of hydrogen-bond donors (Lipinski definition) is 0. The summed E-state index contributed by atoms with van der Waals surface area (Å²) in [5.74, 6) is 1.58. The van der Waals surface area contributed by atoms with E-state index in [9.17, 15) is 4.79 Å². The third-order valence-corrected chi connectivity index (χ3v) is 9.37. The normalized spacial score (nSPS) is 11.8. The van der Waals surface area contributed by atoms with Crippen LogP contribution >= 0.6 is 0 Å². The van der Waals surface area contributed by atoms with E-state index < -0.39 is 0 Å². The largest absolute Gasteiger partial charge is 0.335 e. The minimum Gasteiger partial charge on any atom is -0.311 e. The van der Waals surface area contributed by atoms with E-state index in [0.29, 0.717) is 46.5 Å². The number of pyridine rings is 2. The molecule has 0 radical (unpaired) electrons. The lowest BCUT2D eigenvalue weighted by molar-refractivity contribution is 0.751. The summed E-state index contributed by atoms with van der Waals surface area (Å²) < 4.78 is 8.99. The van der Waals surface area contributed by atoms with E-state index in [1.807, 2.05) is 94.4 Å². The number of para-hydroxylation sites is 2. The highest BCUT2D eigenvalue weighted by atomic mass is 16.1. The predicted octanol–water partition coefficient (Wildman–Crippen LogP) is 4.90. The zero-order valence-corrected chi connectivity index (χ0v) is 28.5. The van der Waals surface area contributed by atoms with Crippen LogP contribution in [0.1, 0.15) is 22.5 Å². The average molecular weight is 697 g/mol. The van der Waals surface area contributed by atoms with E-state index in [2.05, 4.69) is 19.9 Å². The highest BCUT2D eigenvalue weighted by molar-refractivity contribution is 5.85. The van der Waals surface area contributed by atoms with Crippen LogP contribution in [-0.4, -0.2) is 67.7 Å². The number of nitrogens with zero attached hydrogens (tertiary/aromatic N) is 14. The fourth-order valence-corrected chi connectivity index (χ4v) is 6.93. The summed E-state index contributed by atoms with van der Waals surface area (Å²) in [6.45, 7) is 4.70. The molecule has 0 atom stereocenters. The summed E-state index contributed by atoms with van der Waals surface area (Å²) in [5, 5.41) is 0. The summed E-state index contributed by atoms with van der Waals surface area (Å²) in [5.41, 5.74) is 8.68. The van der Waals surface area contributed by atoms with Gasteiger partial charge in [-0.1, -0.05) is 24.3 Å². The van der Waals surface area contributed by atoms with Crippen molar-refractivity contribution in [3.63, 3.8) is 0 Å². The Bertz CT molecular complexity index is 3060. The second kappa shape index (κ2) is 11.8. The van der Waals surface area contributed by atoms with Gasteiger partial charge in [-0.05, 0) is 66.9 Å². The first-order valence-corrected chi connectivity index (χ1v) is 16.9. The van der Waals surface area contributed by atoms with Crippen molar-refractivity contribution >= 4 is 44.4 Å². The van der Waals surface area contributed by atoms with Crippen LogP contribution in [0.4, 0.5) is 0 Å². The van der Waals surface area contributed by atoms with Gasteiger partial charge in [-0.3, -0.25) is 28.2 Å². The average Bonchev–Trinajstić information content (AvgIpc) is 3.94. The van der Waals surface area contributed by atoms with E-state index >= 15 is 0 Å². The number of hydrogen-bond acceptors (Lipinski definition) is 10. The maximum absolute atomic E-state index is 14.6. The standard InChI is InChI=1S/C38H28N14O/c1-23-13-27(14-31-33(23)44-22-50(31)36-41-17-29-34(46-36)48(21-43-29)19-25-7-5-11-39-15-25)52-32-18-42-37(51-24(2)45-28-9-3-4-10-30(28)51)47-35(32)49(38(52)53)20-26-8-6-12-40-16-26/h3-18,21-22H,19-20H2,1-2H3. The molecule has 0 N–H and O–H groups in total. The topological polar surface area (TPSA) is 158 Å². The molecule has 15 heteroatoms. The smallest absolute Gasteiger partial charge is 0.311 e. The van der Waals surface area contributed by atoms with Crippen molar-refractivity contribution in [2.24, 2.45) is 0 Å². The van der Waals surface area contributed by atoms with E-state index in [-0.39, 0.29) is 12.2 Å². The maximum atomic E-state index is 14.6. The Labute approximate surface area is 299 Å². The predicted molar refractivity (Wildman–Crippen MR) is 197 cm³/mol. The van der Waals surface area contributed by atoms with Crippen molar-refractivity contribution in [1.29, 1.82) is 0 Å². The van der Waals surface area contributed by atoms with Crippen LogP contribution in [0.15, 0.2) is 115 Å². The molecule has 0 aliphatic rings. The molecule has 0 saturated heterocycles. The minimum atomic E-state index is -0.274. The monoisotopic (exact) mass is 696 g/mol. The van der Waals surface area contributed by atoms with Crippen LogP contribution < -0.4 is 5.69 Å². The van der Waals surface area contributed by atoms with Gasteiger partial charge < -0.3 is 4.57 Å². The van der Waals surface area contributed by atoms with Gasteiger partial charge in [0.05, 0.1) is 59.6 Å². The van der Waals surface area contributed by atoms with Gasteiger partial charge in [0.2, 0.25) is 11.9 Å². The molecule has 0 spiro atoms. The summed E-state index contributed by atoms with van der Waals surface area (Å²) in [4.78, 5) is 56.4. The Morgan fingerprint density at radius 1 is 0.623 bits per heavy atom. The fourth-order valence-electron chi connectivity index (χ4n) is 6.93. The minimum absolute atomic E-state index is 0.260. The van der Waals surface area contributed by atoms with Crippen molar-refractivity contribution < 1.29 is 0 Å². The van der Waals surface area contributed by atoms with Crippen LogP contribution in [0, 0.1) is 13.8 Å². The first-order valence-electron chi connectivity index (χ1n) is 16.9. The fraction of sp³-hybridized carbons (Fsp3) is 0.105. The molecule has 10 aromatic rings. The molecule has 53 heavy (non-hydrogen) atoms. The molecular weight excluding hydrogens is 669 g/mol. The Kier molecular flexibility index (Phi) is 6.79. The summed E-state index contributed by atoms with van der Waals surface area (Å²) >= 11 is 0. The van der Waals surface area contributed by atoms with Gasteiger partial charge in [-0.25, -0.2) is 29.7 Å². The molecule has 8 aromatic heterocycles. The molecule has 0 aliphatic heterocycles. The molecule has 0 amide bonds. The van der Waals surface area contributed by atoms with Crippen molar-refractivity contribution in [2.45, 2.75) is 26.9 Å². The van der Waals surface area contributed by atoms with Gasteiger partial charge >= 0.3 is 5.69 Å². The molecule has 0 bridgehead atoms. The number of aromatic nitrogens is 14. The second-order valence-electron chi connectivity index (χ2n) is 12.8. The molecule has 0 saturated carbocycles. The Morgan fingerprint density at radius 2 is 1.40 bits per heavy atom. The molecule has 0 unspecified atom stereocenters. The first-order chi connectivity index (χ1) is 26.0. The summed E-state index contributed by atoms with van der Waals surface area (Å²) in [6.07, 6.45) is 13.9. The number of aryl methyl sites for hydroxylation is 2. The van der Waals surface area contributed by atoms with Gasteiger partial charge in [-0.2, -0.15) is 9.97 Å². The van der Waals surface area contributed by atoms with E-state index in [1.165, 1.54) is 0 Å². The highest BCUT2D eigenvalue weighted by Crippen LogP contribution is 2.27. The highest BCUT2D eigenvalue weighted by Gasteiger charge is 2.22. The molecule has 0 aliphatic carbocycles. The van der Waals surface area contributed by atoms with Crippen LogP contribution in [0.5, 0.6) is 0 Å². The molecule has 2 aromatic carbocycles. The van der Waals surface area contributed by atoms with Gasteiger partial charge in [0.25, 0.3) is 0 Å². The zero-order chi connectivity index (χ0) is 35.6. The van der Waals surface area contributed by atoms with E-state index in [0.717, 1.165) is 44.6 Å². The lowest BCUT2D eigenvalue weighted by Gasteiger charge is -2.09. The number of rotatable bonds is 7. The SMILES string of the molecule is Cc1cc(-n2c(=O)n(Cc3cccnc3)c3nc(-n4c(C)nc5ccccc54)ncc32)cc2c1ncn2-c1ncc2ncn(Cc3cccnc3)c2n1. The molecule has 10 rings (SSSR count). The molecule has 256 valence electrons. The first kappa shape index (κ1) is 30.4. The quantitative estimate of drug-likeness (QED) is 0.224. The third-order valence-electron chi connectivity index (χ3n) is 9.37. The summed E-state index contributed by atoms with van der Waals surface area (Å²) in [7, 11) is 0. The number of imidazole rings is 4. The number of fused-ring (bicyclic) bond motifs is 4. The Balaban J connectivity index is 1.14. The summed E-state index contributed by atoms with van der Waals surface area (Å²) in [6, 6.07) is 19.4. The second-order valence-corrected chi connectivity index (χ2v) is 12.8. The van der Waals surface area contributed by atoms with Crippen molar-refractivity contribution in [1.82, 2.24) is 67.7 Å². The molecular formula is C38H28N14O. The van der Waals surface area contributed by atoms with Crippen LogP contribution in [-0.2, 0) is 13.1 Å². The van der Waals surface area contributed by atoms with E-state index in [1.54, 1.807) is 52.8 Å². The zero-order valence-electron chi connectivity index (χ0n) is 28.5. The molecule has 0 fully saturated rings. The van der Waals surface area contributed by atoms with Crippen molar-refractivity contribution in [3.05, 3.63) is 143 Å². The maximum Gasteiger partial charge on any atom is 0.335 e. The van der Waals surface area contributed by atoms with Gasteiger partial charge in [0, 0.05) is 24.8 Å². The lowest BCUT2D eigenvalue weighted by Crippen LogP contribution is -2.24. The molecule has 8 heterocycles. The van der Waals surface area contributed by atoms with E-state index in [4.69, 9.17) is 24.9 Å². The Morgan fingerprint density at radius 3 is 2.21 bits per heavy atom. The lowest BCUT2D eigenvalue weighted by atomic mass is 10.1. The number of benzene rings is 2. The molecule has 15 nitrogen and oxygen atoms in total. The van der Waals surface area contributed by atoms with Crippen LogP contribution in [0.3, 0.4) is 0 Å². The van der Waals surface area contributed by atoms with Crippen molar-refractivity contribution in [3.8, 4) is 17.6 Å². The van der Waals surface area contributed by atoms with Gasteiger partial charge in [0.1, 0.15) is 23.2 Å². The van der Waals surface area contributed by atoms with Crippen LogP contribution in [0.2, 0.25) is 0 Å². The third kappa shape index (κ3) is 4.97. The van der Waals surface area contributed by atoms with Crippen molar-refractivity contribution in [2.75, 3.05) is 0 Å².